The van der Waals surface area contributed by atoms with E-state index in [2.05, 4.69) is 17.4 Å². The van der Waals surface area contributed by atoms with E-state index < -0.39 is 17.8 Å². The number of halogens is 4. The number of fused-ring (bicyclic) bond motifs is 3. The summed E-state index contributed by atoms with van der Waals surface area (Å²) in [7, 11) is 0. The van der Waals surface area contributed by atoms with Gasteiger partial charge in [0.05, 0.1) is 10.6 Å². The normalized spacial score (nSPS) is 13.1. The van der Waals surface area contributed by atoms with Crippen LogP contribution in [0.25, 0.3) is 17.2 Å². The van der Waals surface area contributed by atoms with Crippen LogP contribution in [0.15, 0.2) is 72.8 Å². The van der Waals surface area contributed by atoms with Crippen molar-refractivity contribution in [1.82, 2.24) is 5.32 Å². The molecule has 164 valence electrons. The summed E-state index contributed by atoms with van der Waals surface area (Å²) in [6, 6.07) is 19.7. The average Bonchev–Trinajstić information content (AvgIpc) is 3.09. The molecule has 0 radical (unpaired) electrons. The Morgan fingerprint density at radius 3 is 2.25 bits per heavy atom. The molecule has 1 N–H and O–H groups in total. The van der Waals surface area contributed by atoms with Crippen molar-refractivity contribution in [3.63, 3.8) is 0 Å². The minimum Gasteiger partial charge on any atom is -0.449 e. The van der Waals surface area contributed by atoms with Crippen LogP contribution in [-0.2, 0) is 10.9 Å². The molecular weight excluding hydrogens is 439 g/mol. The van der Waals surface area contributed by atoms with E-state index in [9.17, 15) is 18.0 Å². The fourth-order valence-electron chi connectivity index (χ4n) is 3.85. The van der Waals surface area contributed by atoms with Gasteiger partial charge in [0.15, 0.2) is 0 Å². The molecule has 7 heteroatoms. The number of alkyl carbamates (subject to hydrolysis) is 1. The molecule has 0 heterocycles. The molecule has 0 fully saturated rings. The van der Waals surface area contributed by atoms with Crippen LogP contribution in [0.4, 0.5) is 18.0 Å². The Morgan fingerprint density at radius 1 is 1.00 bits per heavy atom. The van der Waals surface area contributed by atoms with Crippen LogP contribution in [0.5, 0.6) is 0 Å². The number of carbonyl (C=O) groups excluding carboxylic acids is 1. The number of hydrogen-bond acceptors (Lipinski definition) is 2. The predicted octanol–water partition coefficient (Wildman–Crippen LogP) is 6.91. The lowest BCUT2D eigenvalue weighted by Crippen LogP contribution is -2.26. The van der Waals surface area contributed by atoms with Gasteiger partial charge in [-0.15, -0.1) is 0 Å². The molecule has 0 aliphatic heterocycles. The Hall–Kier alpha value is -3.25. The zero-order valence-corrected chi connectivity index (χ0v) is 17.6. The van der Waals surface area contributed by atoms with Crippen molar-refractivity contribution in [2.24, 2.45) is 0 Å². The summed E-state index contributed by atoms with van der Waals surface area (Å²) in [4.78, 5) is 12.1. The number of rotatable bonds is 5. The van der Waals surface area contributed by atoms with Crippen molar-refractivity contribution in [3.05, 3.63) is 100 Å². The number of carbonyl (C=O) groups is 1. The summed E-state index contributed by atoms with van der Waals surface area (Å²) >= 11 is 5.62. The highest BCUT2D eigenvalue weighted by atomic mass is 35.5. The van der Waals surface area contributed by atoms with Crippen LogP contribution >= 0.6 is 11.6 Å². The van der Waals surface area contributed by atoms with Crippen molar-refractivity contribution in [2.75, 3.05) is 13.2 Å². The molecule has 0 bridgehead atoms. The molecule has 1 aliphatic carbocycles. The maximum atomic E-state index is 12.9. The van der Waals surface area contributed by atoms with Crippen molar-refractivity contribution < 1.29 is 22.7 Å². The highest BCUT2D eigenvalue weighted by molar-refractivity contribution is 6.31. The number of hydrogen-bond donors (Lipinski definition) is 1. The Bertz CT molecular complexity index is 1130. The molecule has 3 aromatic rings. The maximum absolute atomic E-state index is 12.9. The summed E-state index contributed by atoms with van der Waals surface area (Å²) < 4.78 is 44.2. The quantitative estimate of drug-likeness (QED) is 0.452. The highest BCUT2D eigenvalue weighted by Gasteiger charge is 2.33. The molecule has 3 aromatic carbocycles. The van der Waals surface area contributed by atoms with E-state index in [1.54, 1.807) is 6.08 Å². The van der Waals surface area contributed by atoms with Gasteiger partial charge in [-0.05, 0) is 39.9 Å². The predicted molar refractivity (Wildman–Crippen MR) is 119 cm³/mol. The van der Waals surface area contributed by atoms with Crippen LogP contribution in [0, 0.1) is 0 Å². The molecule has 3 nitrogen and oxygen atoms in total. The smallest absolute Gasteiger partial charge is 0.417 e. The molecule has 0 spiro atoms. The Kier molecular flexibility index (Phi) is 6.24. The van der Waals surface area contributed by atoms with E-state index in [-0.39, 0.29) is 24.1 Å². The monoisotopic (exact) mass is 457 g/mol. The third-order valence-electron chi connectivity index (χ3n) is 5.31. The fourth-order valence-corrected chi connectivity index (χ4v) is 4.08. The first kappa shape index (κ1) is 22.0. The average molecular weight is 458 g/mol. The summed E-state index contributed by atoms with van der Waals surface area (Å²) in [6.45, 7) is 0.302. The summed E-state index contributed by atoms with van der Waals surface area (Å²) in [6.07, 6.45) is -2.09. The van der Waals surface area contributed by atoms with Gasteiger partial charge >= 0.3 is 12.3 Å². The van der Waals surface area contributed by atoms with Gasteiger partial charge in [-0.1, -0.05) is 78.4 Å². The zero-order valence-electron chi connectivity index (χ0n) is 16.8. The lowest BCUT2D eigenvalue weighted by molar-refractivity contribution is -0.137. The van der Waals surface area contributed by atoms with Crippen LogP contribution in [0.1, 0.15) is 28.2 Å². The molecule has 0 aromatic heterocycles. The number of nitrogens with one attached hydrogen (secondary N) is 1. The molecule has 1 aliphatic rings. The van der Waals surface area contributed by atoms with Gasteiger partial charge in [0.1, 0.15) is 6.61 Å². The molecule has 4 rings (SSSR count). The van der Waals surface area contributed by atoms with Crippen molar-refractivity contribution in [3.8, 4) is 11.1 Å². The van der Waals surface area contributed by atoms with E-state index >= 15 is 0 Å². The molecular formula is C25H19ClF3NO2. The van der Waals surface area contributed by atoms with Crippen LogP contribution < -0.4 is 5.32 Å². The summed E-state index contributed by atoms with van der Waals surface area (Å²) in [5, 5.41) is 2.23. The number of amides is 1. The third kappa shape index (κ3) is 4.65. The number of benzene rings is 3. The van der Waals surface area contributed by atoms with Crippen LogP contribution in [0.2, 0.25) is 5.02 Å². The van der Waals surface area contributed by atoms with Gasteiger partial charge in [0.2, 0.25) is 0 Å². The van der Waals surface area contributed by atoms with Crippen LogP contribution in [-0.4, -0.2) is 19.2 Å². The SMILES string of the molecule is O=C(NCC=Cc1ccc(Cl)c(C(F)(F)F)c1)OCC1c2ccccc2-c2ccccc21. The lowest BCUT2D eigenvalue weighted by Gasteiger charge is -2.14. The molecule has 0 saturated carbocycles. The number of alkyl halides is 3. The van der Waals surface area contributed by atoms with E-state index in [1.165, 1.54) is 18.2 Å². The second-order valence-corrected chi connectivity index (χ2v) is 7.75. The molecule has 32 heavy (non-hydrogen) atoms. The van der Waals surface area contributed by atoms with E-state index in [0.29, 0.717) is 5.56 Å². The van der Waals surface area contributed by atoms with Crippen molar-refractivity contribution in [1.29, 1.82) is 0 Å². The molecule has 0 unspecified atom stereocenters. The first-order valence-electron chi connectivity index (χ1n) is 9.96. The maximum Gasteiger partial charge on any atom is 0.417 e. The Balaban J connectivity index is 1.33. The third-order valence-corrected chi connectivity index (χ3v) is 5.64. The topological polar surface area (TPSA) is 38.3 Å². The number of ether oxygens (including phenoxy) is 1. The largest absolute Gasteiger partial charge is 0.449 e. The van der Waals surface area contributed by atoms with E-state index in [0.717, 1.165) is 28.3 Å². The minimum atomic E-state index is -4.53. The van der Waals surface area contributed by atoms with E-state index in [1.807, 2.05) is 36.4 Å². The van der Waals surface area contributed by atoms with Gasteiger partial charge in [-0.2, -0.15) is 13.2 Å². The molecule has 1 amide bonds. The van der Waals surface area contributed by atoms with Gasteiger partial charge in [-0.3, -0.25) is 0 Å². The zero-order chi connectivity index (χ0) is 22.7. The van der Waals surface area contributed by atoms with Crippen LogP contribution in [0.3, 0.4) is 0 Å². The van der Waals surface area contributed by atoms with Crippen molar-refractivity contribution >= 4 is 23.8 Å². The fraction of sp³-hybridized carbons (Fsp3) is 0.160. The lowest BCUT2D eigenvalue weighted by atomic mass is 9.98. The van der Waals surface area contributed by atoms with Gasteiger partial charge in [0, 0.05) is 12.5 Å². The van der Waals surface area contributed by atoms with Crippen molar-refractivity contribution in [2.45, 2.75) is 12.1 Å². The highest BCUT2D eigenvalue weighted by Crippen LogP contribution is 2.44. The summed E-state index contributed by atoms with van der Waals surface area (Å²) in [5.74, 6) is -0.0430. The first-order chi connectivity index (χ1) is 15.3. The first-order valence-corrected chi connectivity index (χ1v) is 10.3. The minimum absolute atomic E-state index is 0.0430. The molecule has 0 saturated heterocycles. The summed E-state index contributed by atoms with van der Waals surface area (Å²) in [5.41, 5.74) is 3.94. The van der Waals surface area contributed by atoms with E-state index in [4.69, 9.17) is 16.3 Å². The standard InChI is InChI=1S/C25H19ClF3NO2/c26-23-12-11-16(14-22(23)25(27,28)29)6-5-13-30-24(31)32-15-21-19-9-3-1-7-17(19)18-8-2-4-10-20(18)21/h1-12,14,21H,13,15H2,(H,30,31). The molecule has 0 atom stereocenters. The van der Waals surface area contributed by atoms with Gasteiger partial charge in [-0.25, -0.2) is 4.79 Å². The Morgan fingerprint density at radius 2 is 1.62 bits per heavy atom. The second kappa shape index (κ2) is 9.09. The van der Waals surface area contributed by atoms with Gasteiger partial charge < -0.3 is 10.1 Å². The second-order valence-electron chi connectivity index (χ2n) is 7.35. The van der Waals surface area contributed by atoms with Gasteiger partial charge in [0.25, 0.3) is 0 Å². The Labute approximate surface area is 188 Å².